The molecule has 2 bridgehead atoms. The standard InChI is InChI=1S/C23H25BN7/c1-13-15(10-25)6-14(7-16(13)12-31(2)3)22-26-11-20-21(30-22)24-23(29-20)28-19-8-17-4-5-18(9-19)27-17/h6-7,11-12,17-19,27H,1,4-5,8-9H2,2-3H3,(H,28,29)/b16-12-. The van der Waals surface area contributed by atoms with Gasteiger partial charge in [-0.2, -0.15) is 5.26 Å². The molecule has 155 valence electrons. The van der Waals surface area contributed by atoms with Gasteiger partial charge in [0.25, 0.3) is 7.28 Å². The van der Waals surface area contributed by atoms with Gasteiger partial charge in [-0.05, 0) is 48.3 Å². The summed E-state index contributed by atoms with van der Waals surface area (Å²) in [5.74, 6) is 0.586. The van der Waals surface area contributed by atoms with E-state index in [1.807, 2.05) is 38.5 Å². The molecule has 0 aliphatic carbocycles. The molecule has 2 aromatic rings. The average molecular weight is 410 g/mol. The highest BCUT2D eigenvalue weighted by atomic mass is 15.1. The van der Waals surface area contributed by atoms with Gasteiger partial charge >= 0.3 is 0 Å². The van der Waals surface area contributed by atoms with Gasteiger partial charge in [0.2, 0.25) is 0 Å². The Morgan fingerprint density at radius 1 is 1.29 bits per heavy atom. The Morgan fingerprint density at radius 3 is 2.77 bits per heavy atom. The van der Waals surface area contributed by atoms with E-state index in [2.05, 4.69) is 28.3 Å². The third-order valence-corrected chi connectivity index (χ3v) is 6.18. The predicted molar refractivity (Wildman–Crippen MR) is 125 cm³/mol. The summed E-state index contributed by atoms with van der Waals surface area (Å²) in [4.78, 5) is 16.2. The second kappa shape index (κ2) is 7.82. The van der Waals surface area contributed by atoms with Gasteiger partial charge in [-0.15, -0.1) is 0 Å². The molecule has 2 unspecified atom stereocenters. The van der Waals surface area contributed by atoms with E-state index in [0.29, 0.717) is 34.7 Å². The number of aromatic nitrogens is 2. The van der Waals surface area contributed by atoms with Crippen LogP contribution in [-0.4, -0.2) is 60.1 Å². The normalized spacial score (nSPS) is 25.6. The van der Waals surface area contributed by atoms with Gasteiger partial charge in [0.1, 0.15) is 0 Å². The van der Waals surface area contributed by atoms with Gasteiger partial charge < -0.3 is 15.5 Å². The summed E-state index contributed by atoms with van der Waals surface area (Å²) in [5, 5.41) is 18.1. The van der Waals surface area contributed by atoms with Crippen LogP contribution in [0, 0.1) is 11.3 Å². The number of hydrogen-bond donors (Lipinski definition) is 2. The van der Waals surface area contributed by atoms with Gasteiger partial charge in [-0.3, -0.25) is 4.99 Å². The van der Waals surface area contributed by atoms with Gasteiger partial charge in [0, 0.05) is 43.5 Å². The van der Waals surface area contributed by atoms with E-state index in [0.717, 1.165) is 40.6 Å². The number of anilines is 1. The Bertz CT molecular complexity index is 1200. The summed E-state index contributed by atoms with van der Waals surface area (Å²) < 4.78 is 0. The molecule has 31 heavy (non-hydrogen) atoms. The van der Waals surface area contributed by atoms with Gasteiger partial charge in [-0.1, -0.05) is 6.58 Å². The molecule has 2 saturated heterocycles. The van der Waals surface area contributed by atoms with Crippen molar-refractivity contribution in [3.63, 3.8) is 0 Å². The average Bonchev–Trinajstić information content (AvgIpc) is 3.30. The fraction of sp³-hybridized carbons (Fsp3) is 0.391. The van der Waals surface area contributed by atoms with Crippen LogP contribution in [0.3, 0.4) is 0 Å². The lowest BCUT2D eigenvalue weighted by atomic mass is 9.75. The van der Waals surface area contributed by atoms with Crippen LogP contribution in [0.4, 0.5) is 5.69 Å². The number of nitrogens with zero attached hydrogens (tertiary/aromatic N) is 5. The second-order valence-corrected chi connectivity index (χ2v) is 8.84. The van der Waals surface area contributed by atoms with Crippen molar-refractivity contribution in [2.75, 3.05) is 19.4 Å². The van der Waals surface area contributed by atoms with Crippen molar-refractivity contribution in [2.24, 2.45) is 4.99 Å². The molecule has 1 radical (unpaired) electrons. The van der Waals surface area contributed by atoms with Crippen LogP contribution in [0.5, 0.6) is 0 Å². The number of aliphatic imine (C=N–C) groups is 1. The highest BCUT2D eigenvalue weighted by Gasteiger charge is 2.34. The number of hydrogen-bond acceptors (Lipinski definition) is 6. The van der Waals surface area contributed by atoms with Crippen molar-refractivity contribution in [3.8, 4) is 17.5 Å². The number of fused-ring (bicyclic) bond motifs is 3. The molecule has 3 aliphatic heterocycles. The van der Waals surface area contributed by atoms with Gasteiger partial charge in [0.05, 0.1) is 35.3 Å². The minimum absolute atomic E-state index is 0.353. The van der Waals surface area contributed by atoms with Crippen molar-refractivity contribution in [1.29, 1.82) is 5.26 Å². The van der Waals surface area contributed by atoms with Crippen LogP contribution in [0.25, 0.3) is 24.2 Å². The molecule has 5 rings (SSSR count). The zero-order valence-electron chi connectivity index (χ0n) is 17.9. The SMILES string of the molecule is C=c1c(C#N)cc(-c2ncc3c(n2)[B]C(=NC2CC4CCC(C2)N4)N3)c/c1=C/N(C)C. The molecule has 0 spiro atoms. The second-order valence-electron chi connectivity index (χ2n) is 8.84. The number of rotatable bonds is 3. The van der Waals surface area contributed by atoms with E-state index < -0.39 is 0 Å². The van der Waals surface area contributed by atoms with Crippen molar-refractivity contribution in [3.05, 3.63) is 34.3 Å². The van der Waals surface area contributed by atoms with E-state index in [1.54, 1.807) is 12.3 Å². The highest BCUT2D eigenvalue weighted by molar-refractivity contribution is 6.90. The van der Waals surface area contributed by atoms with Crippen LogP contribution in [-0.2, 0) is 0 Å². The Hall–Kier alpha value is -3.18. The number of benzene rings is 1. The fourth-order valence-electron chi connectivity index (χ4n) is 4.76. The zero-order chi connectivity index (χ0) is 21.5. The molecule has 2 N–H and O–H groups in total. The van der Waals surface area contributed by atoms with E-state index in [9.17, 15) is 5.26 Å². The first-order valence-corrected chi connectivity index (χ1v) is 10.7. The van der Waals surface area contributed by atoms with Crippen LogP contribution < -0.4 is 26.7 Å². The first kappa shape index (κ1) is 19.8. The van der Waals surface area contributed by atoms with Crippen LogP contribution in [0.2, 0.25) is 0 Å². The first-order valence-electron chi connectivity index (χ1n) is 10.7. The minimum atomic E-state index is 0.353. The third-order valence-electron chi connectivity index (χ3n) is 6.18. The van der Waals surface area contributed by atoms with Crippen molar-refractivity contribution >= 4 is 37.1 Å². The van der Waals surface area contributed by atoms with Gasteiger partial charge in [0.15, 0.2) is 5.82 Å². The van der Waals surface area contributed by atoms with Crippen LogP contribution >= 0.6 is 0 Å². The van der Waals surface area contributed by atoms with Gasteiger partial charge in [-0.25, -0.2) is 9.97 Å². The summed E-state index contributed by atoms with van der Waals surface area (Å²) >= 11 is 0. The third kappa shape index (κ3) is 3.93. The number of piperidine rings is 1. The number of nitrogens with one attached hydrogen (secondary N) is 2. The molecular formula is C23H25BN7. The molecule has 7 nitrogen and oxygen atoms in total. The number of amidine groups is 1. The monoisotopic (exact) mass is 410 g/mol. The van der Waals surface area contributed by atoms with E-state index in [4.69, 9.17) is 9.98 Å². The summed E-state index contributed by atoms with van der Waals surface area (Å²) in [6.45, 7) is 4.06. The molecule has 8 heteroatoms. The summed E-state index contributed by atoms with van der Waals surface area (Å²) in [6, 6.07) is 7.60. The lowest BCUT2D eigenvalue weighted by molar-refractivity contribution is 0.365. The van der Waals surface area contributed by atoms with E-state index in [-0.39, 0.29) is 0 Å². The lowest BCUT2D eigenvalue weighted by Gasteiger charge is -2.26. The summed E-state index contributed by atoms with van der Waals surface area (Å²) in [6.07, 6.45) is 8.47. The summed E-state index contributed by atoms with van der Waals surface area (Å²) in [7, 11) is 5.89. The topological polar surface area (TPSA) is 89.2 Å². The molecule has 2 fully saturated rings. The zero-order valence-corrected chi connectivity index (χ0v) is 17.9. The van der Waals surface area contributed by atoms with Crippen LogP contribution in [0.1, 0.15) is 31.2 Å². The maximum absolute atomic E-state index is 9.54. The Morgan fingerprint density at radius 2 is 2.06 bits per heavy atom. The Labute approximate surface area is 182 Å². The molecule has 2 atom stereocenters. The fourth-order valence-corrected chi connectivity index (χ4v) is 4.76. The van der Waals surface area contributed by atoms with E-state index in [1.165, 1.54) is 12.8 Å². The smallest absolute Gasteiger partial charge is 0.268 e. The lowest BCUT2D eigenvalue weighted by Crippen LogP contribution is -2.40. The van der Waals surface area contributed by atoms with Crippen molar-refractivity contribution < 1.29 is 0 Å². The maximum Gasteiger partial charge on any atom is 0.268 e. The molecule has 1 aromatic heterocycles. The van der Waals surface area contributed by atoms with E-state index >= 15 is 0 Å². The number of nitriles is 1. The van der Waals surface area contributed by atoms with Crippen molar-refractivity contribution in [1.82, 2.24) is 20.2 Å². The Kier molecular flexibility index (Phi) is 4.99. The molecular weight excluding hydrogens is 385 g/mol. The highest BCUT2D eigenvalue weighted by Crippen LogP contribution is 2.28. The first-order chi connectivity index (χ1) is 15.0. The molecule has 4 heterocycles. The maximum atomic E-state index is 9.54. The van der Waals surface area contributed by atoms with Crippen LogP contribution in [0.15, 0.2) is 23.3 Å². The molecule has 3 aliphatic rings. The minimum Gasteiger partial charge on any atom is -0.383 e. The summed E-state index contributed by atoms with van der Waals surface area (Å²) in [5.41, 5.74) is 3.89. The Balaban J connectivity index is 1.43. The molecule has 1 aromatic carbocycles. The quantitative estimate of drug-likeness (QED) is 0.699. The largest absolute Gasteiger partial charge is 0.383 e. The predicted octanol–water partition coefficient (Wildman–Crippen LogP) is 0.119. The van der Waals surface area contributed by atoms with Crippen molar-refractivity contribution in [2.45, 2.75) is 43.8 Å². The molecule has 0 amide bonds. The molecule has 0 saturated carbocycles.